The first-order valence-electron chi connectivity index (χ1n) is 6.74. The van der Waals surface area contributed by atoms with Crippen molar-refractivity contribution in [3.8, 4) is 0 Å². The maximum Gasteiger partial charge on any atom is 0.333 e. The van der Waals surface area contributed by atoms with E-state index >= 15 is 0 Å². The van der Waals surface area contributed by atoms with Gasteiger partial charge in [-0.3, -0.25) is 4.79 Å². The van der Waals surface area contributed by atoms with Crippen molar-refractivity contribution in [1.29, 1.82) is 0 Å². The Morgan fingerprint density at radius 3 is 2.50 bits per heavy atom. The molecule has 0 saturated carbocycles. The predicted molar refractivity (Wildman–Crippen MR) is 86.6 cm³/mol. The molecule has 1 saturated heterocycles. The van der Waals surface area contributed by atoms with Gasteiger partial charge in [0.25, 0.3) is 5.91 Å². The molecule has 1 heterocycles. The van der Waals surface area contributed by atoms with Crippen LogP contribution < -0.4 is 10.2 Å². The van der Waals surface area contributed by atoms with E-state index in [0.29, 0.717) is 10.7 Å². The number of halogens is 1. The van der Waals surface area contributed by atoms with Gasteiger partial charge in [0, 0.05) is 5.02 Å². The lowest BCUT2D eigenvalue weighted by Gasteiger charge is -2.11. The van der Waals surface area contributed by atoms with Crippen LogP contribution in [0.15, 0.2) is 54.2 Å². The van der Waals surface area contributed by atoms with Gasteiger partial charge in [-0.05, 0) is 42.8 Å². The molecule has 2 aromatic rings. The molecule has 0 unspecified atom stereocenters. The third-order valence-corrected chi connectivity index (χ3v) is 3.57. The molecule has 1 aliphatic rings. The molecular weight excluding hydrogens is 300 g/mol. The molecule has 5 heteroatoms. The second kappa shape index (κ2) is 5.66. The standard InChI is InChI=1S/C17H13ClN2O2/c1-11-3-2-4-12(9-11)10-15-16(21)20(17(22)19-15)14-7-5-13(18)6-8-14/h2-10H,1H3,(H,19,22). The highest BCUT2D eigenvalue weighted by molar-refractivity contribution is 6.31. The average molecular weight is 313 g/mol. The first kappa shape index (κ1) is 14.4. The Bertz CT molecular complexity index is 782. The third kappa shape index (κ3) is 2.73. The summed E-state index contributed by atoms with van der Waals surface area (Å²) in [7, 11) is 0. The predicted octanol–water partition coefficient (Wildman–Crippen LogP) is 3.75. The Kier molecular flexibility index (Phi) is 3.69. The van der Waals surface area contributed by atoms with Gasteiger partial charge in [-0.1, -0.05) is 41.4 Å². The molecule has 0 spiro atoms. The highest BCUT2D eigenvalue weighted by atomic mass is 35.5. The Balaban J connectivity index is 1.93. The number of nitrogens with one attached hydrogen (secondary N) is 1. The van der Waals surface area contributed by atoms with Crippen LogP contribution in [0.2, 0.25) is 5.02 Å². The summed E-state index contributed by atoms with van der Waals surface area (Å²) in [4.78, 5) is 25.6. The number of aryl methyl sites for hydroxylation is 1. The van der Waals surface area contributed by atoms with E-state index in [1.165, 1.54) is 0 Å². The SMILES string of the molecule is Cc1cccc(C=C2NC(=O)N(c3ccc(Cl)cc3)C2=O)c1. The van der Waals surface area contributed by atoms with Gasteiger partial charge < -0.3 is 5.32 Å². The zero-order chi connectivity index (χ0) is 15.7. The molecule has 22 heavy (non-hydrogen) atoms. The molecule has 3 rings (SSSR count). The minimum atomic E-state index is -0.466. The molecule has 0 bridgehead atoms. The minimum absolute atomic E-state index is 0.255. The molecule has 1 N–H and O–H groups in total. The first-order valence-corrected chi connectivity index (χ1v) is 7.12. The summed E-state index contributed by atoms with van der Waals surface area (Å²) < 4.78 is 0. The van der Waals surface area contributed by atoms with Crippen LogP contribution in [0.5, 0.6) is 0 Å². The Morgan fingerprint density at radius 2 is 1.82 bits per heavy atom. The molecule has 0 aromatic heterocycles. The van der Waals surface area contributed by atoms with Crippen LogP contribution in [-0.2, 0) is 4.79 Å². The van der Waals surface area contributed by atoms with Crippen LogP contribution in [0.3, 0.4) is 0 Å². The number of hydrogen-bond donors (Lipinski definition) is 1. The number of imide groups is 1. The minimum Gasteiger partial charge on any atom is -0.302 e. The fourth-order valence-electron chi connectivity index (χ4n) is 2.29. The molecule has 0 aliphatic carbocycles. The number of carbonyl (C=O) groups excluding carboxylic acids is 2. The number of carbonyl (C=O) groups is 2. The lowest BCUT2D eigenvalue weighted by molar-refractivity contribution is -0.113. The number of anilines is 1. The maximum absolute atomic E-state index is 12.4. The second-order valence-corrected chi connectivity index (χ2v) is 5.46. The number of hydrogen-bond acceptors (Lipinski definition) is 2. The van der Waals surface area contributed by atoms with Gasteiger partial charge in [0.1, 0.15) is 5.70 Å². The fraction of sp³-hybridized carbons (Fsp3) is 0.0588. The van der Waals surface area contributed by atoms with E-state index in [2.05, 4.69) is 5.32 Å². The topological polar surface area (TPSA) is 49.4 Å². The largest absolute Gasteiger partial charge is 0.333 e. The summed E-state index contributed by atoms with van der Waals surface area (Å²) in [5.74, 6) is -0.381. The summed E-state index contributed by atoms with van der Waals surface area (Å²) in [5.41, 5.74) is 2.69. The molecule has 2 aromatic carbocycles. The maximum atomic E-state index is 12.4. The second-order valence-electron chi connectivity index (χ2n) is 5.02. The number of rotatable bonds is 2. The van der Waals surface area contributed by atoms with Crippen LogP contribution >= 0.6 is 11.6 Å². The first-order chi connectivity index (χ1) is 10.5. The lowest BCUT2D eigenvalue weighted by atomic mass is 10.1. The summed E-state index contributed by atoms with van der Waals surface area (Å²) in [5, 5.41) is 3.15. The van der Waals surface area contributed by atoms with Crippen LogP contribution in [0.25, 0.3) is 6.08 Å². The quantitative estimate of drug-likeness (QED) is 0.678. The van der Waals surface area contributed by atoms with Gasteiger partial charge in [0.2, 0.25) is 0 Å². The van der Waals surface area contributed by atoms with Crippen molar-refractivity contribution in [2.24, 2.45) is 0 Å². The normalized spacial score (nSPS) is 16.3. The van der Waals surface area contributed by atoms with Gasteiger partial charge in [-0.15, -0.1) is 0 Å². The summed E-state index contributed by atoms with van der Waals surface area (Å²) in [6.45, 7) is 1.97. The summed E-state index contributed by atoms with van der Waals surface area (Å²) >= 11 is 5.83. The van der Waals surface area contributed by atoms with Crippen molar-refractivity contribution in [2.45, 2.75) is 6.92 Å². The van der Waals surface area contributed by atoms with Gasteiger partial charge in [-0.25, -0.2) is 9.69 Å². The smallest absolute Gasteiger partial charge is 0.302 e. The van der Waals surface area contributed by atoms with E-state index in [0.717, 1.165) is 16.0 Å². The van der Waals surface area contributed by atoms with Gasteiger partial charge >= 0.3 is 6.03 Å². The van der Waals surface area contributed by atoms with Crippen molar-refractivity contribution < 1.29 is 9.59 Å². The van der Waals surface area contributed by atoms with E-state index in [4.69, 9.17) is 11.6 Å². The zero-order valence-corrected chi connectivity index (χ0v) is 12.6. The van der Waals surface area contributed by atoms with Crippen LogP contribution in [-0.4, -0.2) is 11.9 Å². The molecule has 1 aliphatic heterocycles. The van der Waals surface area contributed by atoms with Gasteiger partial charge in [-0.2, -0.15) is 0 Å². The van der Waals surface area contributed by atoms with Crippen molar-refractivity contribution in [2.75, 3.05) is 4.90 Å². The average Bonchev–Trinajstić information content (AvgIpc) is 2.75. The van der Waals surface area contributed by atoms with E-state index in [9.17, 15) is 9.59 Å². The van der Waals surface area contributed by atoms with Crippen molar-refractivity contribution in [3.05, 3.63) is 70.4 Å². The third-order valence-electron chi connectivity index (χ3n) is 3.32. The molecule has 0 atom stereocenters. The van der Waals surface area contributed by atoms with Crippen LogP contribution in [0.4, 0.5) is 10.5 Å². The number of amides is 3. The zero-order valence-electron chi connectivity index (χ0n) is 11.8. The van der Waals surface area contributed by atoms with Crippen LogP contribution in [0, 0.1) is 6.92 Å². The molecule has 3 amide bonds. The molecule has 110 valence electrons. The van der Waals surface area contributed by atoms with Crippen molar-refractivity contribution in [3.63, 3.8) is 0 Å². The molecule has 0 radical (unpaired) electrons. The van der Waals surface area contributed by atoms with E-state index in [1.807, 2.05) is 31.2 Å². The molecular formula is C17H13ClN2O2. The Hall–Kier alpha value is -2.59. The Labute approximate surface area is 133 Å². The lowest BCUT2D eigenvalue weighted by Crippen LogP contribution is -2.30. The van der Waals surface area contributed by atoms with Gasteiger partial charge in [0.15, 0.2) is 0 Å². The summed E-state index contributed by atoms with van der Waals surface area (Å²) in [6.07, 6.45) is 1.67. The number of benzene rings is 2. The van der Waals surface area contributed by atoms with E-state index in [1.54, 1.807) is 30.3 Å². The van der Waals surface area contributed by atoms with Crippen molar-refractivity contribution >= 4 is 35.3 Å². The molecule has 1 fully saturated rings. The monoisotopic (exact) mass is 312 g/mol. The van der Waals surface area contributed by atoms with Crippen LogP contribution in [0.1, 0.15) is 11.1 Å². The van der Waals surface area contributed by atoms with E-state index < -0.39 is 6.03 Å². The highest BCUT2D eigenvalue weighted by Gasteiger charge is 2.34. The number of nitrogens with zero attached hydrogens (tertiary/aromatic N) is 1. The van der Waals surface area contributed by atoms with Crippen molar-refractivity contribution in [1.82, 2.24) is 5.32 Å². The summed E-state index contributed by atoms with van der Waals surface area (Å²) in [6, 6.07) is 13.8. The molecule has 4 nitrogen and oxygen atoms in total. The van der Waals surface area contributed by atoms with Gasteiger partial charge in [0.05, 0.1) is 5.69 Å². The van der Waals surface area contributed by atoms with E-state index in [-0.39, 0.29) is 11.6 Å². The number of urea groups is 1. The fourth-order valence-corrected chi connectivity index (χ4v) is 2.41. The highest BCUT2D eigenvalue weighted by Crippen LogP contribution is 2.24. The Morgan fingerprint density at radius 1 is 1.09 bits per heavy atom.